The summed E-state index contributed by atoms with van der Waals surface area (Å²) in [5.74, 6) is 0.455. The second-order valence-electron chi connectivity index (χ2n) is 3.92. The van der Waals surface area contributed by atoms with E-state index < -0.39 is 5.97 Å². The van der Waals surface area contributed by atoms with E-state index in [-0.39, 0.29) is 25.4 Å². The van der Waals surface area contributed by atoms with Gasteiger partial charge in [-0.05, 0) is 6.92 Å². The highest BCUT2D eigenvalue weighted by atomic mass is 16.5. The van der Waals surface area contributed by atoms with Crippen molar-refractivity contribution in [1.29, 1.82) is 0 Å². The average molecular weight is 280 g/mol. The molecular weight excluding hydrogens is 264 g/mol. The van der Waals surface area contributed by atoms with Gasteiger partial charge in [0, 0.05) is 13.0 Å². The van der Waals surface area contributed by atoms with E-state index in [2.05, 4.69) is 20.5 Å². The van der Waals surface area contributed by atoms with Crippen molar-refractivity contribution in [2.24, 2.45) is 5.73 Å². The summed E-state index contributed by atoms with van der Waals surface area (Å²) in [6.45, 7) is 4.23. The summed E-state index contributed by atoms with van der Waals surface area (Å²) in [5.41, 5.74) is 6.23. The van der Waals surface area contributed by atoms with Crippen LogP contribution in [0.4, 0.5) is 0 Å². The van der Waals surface area contributed by atoms with Gasteiger partial charge in [-0.2, -0.15) is 4.98 Å². The maximum atomic E-state index is 11.7. The summed E-state index contributed by atoms with van der Waals surface area (Å²) in [6, 6.07) is 0. The Balaban J connectivity index is 2.21. The van der Waals surface area contributed by atoms with Crippen molar-refractivity contribution in [3.05, 3.63) is 23.1 Å². The van der Waals surface area contributed by atoms with Gasteiger partial charge in [-0.3, -0.25) is 0 Å². The van der Waals surface area contributed by atoms with E-state index in [4.69, 9.17) is 15.0 Å². The zero-order chi connectivity index (χ0) is 14.5. The monoisotopic (exact) mass is 280 g/mol. The third kappa shape index (κ3) is 2.82. The molecule has 2 N–H and O–H groups in total. The summed E-state index contributed by atoms with van der Waals surface area (Å²) in [4.78, 5) is 15.9. The lowest BCUT2D eigenvalue weighted by Gasteiger charge is -2.03. The average Bonchev–Trinajstić information content (AvgIpc) is 3.05. The zero-order valence-corrected chi connectivity index (χ0v) is 11.4. The number of carbonyl (C=O) groups is 1. The van der Waals surface area contributed by atoms with Crippen LogP contribution in [0.1, 0.15) is 41.7 Å². The summed E-state index contributed by atoms with van der Waals surface area (Å²) in [7, 11) is 0. The Morgan fingerprint density at radius 2 is 2.25 bits per heavy atom. The van der Waals surface area contributed by atoms with Gasteiger partial charge < -0.3 is 15.0 Å². The van der Waals surface area contributed by atoms with Gasteiger partial charge >= 0.3 is 5.97 Å². The molecule has 9 nitrogen and oxygen atoms in total. The minimum atomic E-state index is -0.543. The van der Waals surface area contributed by atoms with Gasteiger partial charge in [0.25, 0.3) is 0 Å². The first-order valence-electron chi connectivity index (χ1n) is 6.30. The maximum absolute atomic E-state index is 11.7. The molecule has 0 atom stereocenters. The molecular formula is C11H16N6O3. The smallest absolute Gasteiger partial charge is 0.360 e. The van der Waals surface area contributed by atoms with Gasteiger partial charge in [0.1, 0.15) is 6.54 Å². The maximum Gasteiger partial charge on any atom is 0.360 e. The van der Waals surface area contributed by atoms with Crippen LogP contribution in [0.2, 0.25) is 0 Å². The quantitative estimate of drug-likeness (QED) is 0.728. The number of nitrogens with two attached hydrogens (primary N) is 1. The molecule has 108 valence electrons. The molecule has 0 saturated heterocycles. The van der Waals surface area contributed by atoms with Crippen molar-refractivity contribution in [3.8, 4) is 0 Å². The van der Waals surface area contributed by atoms with Crippen LogP contribution < -0.4 is 5.73 Å². The fourth-order valence-electron chi connectivity index (χ4n) is 1.65. The molecule has 0 spiro atoms. The molecule has 2 rings (SSSR count). The standard InChI is InChI=1S/C11H16N6O3/c1-3-8-13-9(20-15-8)6-17-7(5-12)10(14-16-17)11(18)19-4-2/h3-6,12H2,1-2H3. The van der Waals surface area contributed by atoms with Crippen molar-refractivity contribution >= 4 is 5.97 Å². The van der Waals surface area contributed by atoms with E-state index >= 15 is 0 Å². The number of esters is 1. The Morgan fingerprint density at radius 1 is 1.45 bits per heavy atom. The number of carbonyl (C=O) groups excluding carboxylic acids is 1. The highest BCUT2D eigenvalue weighted by Crippen LogP contribution is 2.09. The van der Waals surface area contributed by atoms with Crippen LogP contribution in [0.25, 0.3) is 0 Å². The number of ether oxygens (including phenoxy) is 1. The zero-order valence-electron chi connectivity index (χ0n) is 11.4. The van der Waals surface area contributed by atoms with Gasteiger partial charge in [-0.1, -0.05) is 17.3 Å². The molecule has 2 aromatic rings. The van der Waals surface area contributed by atoms with Gasteiger partial charge in [0.05, 0.1) is 12.3 Å². The van der Waals surface area contributed by atoms with E-state index in [0.717, 1.165) is 0 Å². The van der Waals surface area contributed by atoms with E-state index in [1.807, 2.05) is 6.92 Å². The van der Waals surface area contributed by atoms with Crippen LogP contribution in [-0.2, 0) is 24.2 Å². The second-order valence-corrected chi connectivity index (χ2v) is 3.92. The molecule has 0 unspecified atom stereocenters. The number of hydrogen-bond acceptors (Lipinski definition) is 8. The van der Waals surface area contributed by atoms with Crippen LogP contribution in [0.5, 0.6) is 0 Å². The van der Waals surface area contributed by atoms with Crippen LogP contribution in [-0.4, -0.2) is 37.7 Å². The first kappa shape index (κ1) is 14.1. The third-order valence-electron chi connectivity index (χ3n) is 2.61. The third-order valence-corrected chi connectivity index (χ3v) is 2.61. The van der Waals surface area contributed by atoms with Crippen molar-refractivity contribution in [2.45, 2.75) is 33.4 Å². The molecule has 20 heavy (non-hydrogen) atoms. The Morgan fingerprint density at radius 3 is 2.85 bits per heavy atom. The second kappa shape index (κ2) is 6.24. The number of nitrogens with zero attached hydrogens (tertiary/aromatic N) is 5. The Labute approximate surface area is 115 Å². The fraction of sp³-hybridized carbons (Fsp3) is 0.545. The summed E-state index contributed by atoms with van der Waals surface area (Å²) < 4.78 is 11.4. The molecule has 2 heterocycles. The molecule has 0 aliphatic heterocycles. The molecule has 0 bridgehead atoms. The van der Waals surface area contributed by atoms with Crippen LogP contribution in [0.3, 0.4) is 0 Å². The summed E-state index contributed by atoms with van der Waals surface area (Å²) in [5, 5.41) is 11.5. The molecule has 9 heteroatoms. The lowest BCUT2D eigenvalue weighted by molar-refractivity contribution is 0.0518. The van der Waals surface area contributed by atoms with Crippen molar-refractivity contribution in [3.63, 3.8) is 0 Å². The van der Waals surface area contributed by atoms with E-state index in [9.17, 15) is 4.79 Å². The summed E-state index contributed by atoms with van der Waals surface area (Å²) >= 11 is 0. The molecule has 0 radical (unpaired) electrons. The number of aryl methyl sites for hydroxylation is 1. The van der Waals surface area contributed by atoms with E-state index in [1.165, 1.54) is 4.68 Å². The molecule has 0 aromatic carbocycles. The van der Waals surface area contributed by atoms with Crippen LogP contribution >= 0.6 is 0 Å². The van der Waals surface area contributed by atoms with E-state index in [0.29, 0.717) is 23.8 Å². The number of hydrogen-bond donors (Lipinski definition) is 1. The Bertz CT molecular complexity index is 591. The van der Waals surface area contributed by atoms with Gasteiger partial charge in [-0.15, -0.1) is 5.10 Å². The Kier molecular flexibility index (Phi) is 4.41. The SMILES string of the molecule is CCOC(=O)c1nnn(Cc2nc(CC)no2)c1CN. The lowest BCUT2D eigenvalue weighted by Crippen LogP contribution is -2.15. The predicted octanol–water partition coefficient (Wildman–Crippen LogP) is -0.0928. The van der Waals surface area contributed by atoms with E-state index in [1.54, 1.807) is 6.92 Å². The van der Waals surface area contributed by atoms with Crippen molar-refractivity contribution < 1.29 is 14.1 Å². The van der Waals surface area contributed by atoms with Crippen molar-refractivity contribution in [2.75, 3.05) is 6.61 Å². The minimum Gasteiger partial charge on any atom is -0.461 e. The molecule has 0 fully saturated rings. The molecule has 0 aliphatic carbocycles. The number of rotatable bonds is 6. The van der Waals surface area contributed by atoms with Crippen LogP contribution in [0.15, 0.2) is 4.52 Å². The predicted molar refractivity (Wildman–Crippen MR) is 66.6 cm³/mol. The van der Waals surface area contributed by atoms with Crippen LogP contribution in [0, 0.1) is 0 Å². The van der Waals surface area contributed by atoms with Crippen molar-refractivity contribution in [1.82, 2.24) is 25.1 Å². The minimum absolute atomic E-state index is 0.107. The molecule has 0 aliphatic rings. The van der Waals surface area contributed by atoms with Gasteiger partial charge in [0.2, 0.25) is 5.89 Å². The number of aromatic nitrogens is 5. The van der Waals surface area contributed by atoms with Gasteiger partial charge in [-0.25, -0.2) is 9.48 Å². The highest BCUT2D eigenvalue weighted by Gasteiger charge is 2.20. The topological polar surface area (TPSA) is 122 Å². The summed E-state index contributed by atoms with van der Waals surface area (Å²) in [6.07, 6.45) is 0.679. The molecule has 0 amide bonds. The van der Waals surface area contributed by atoms with Gasteiger partial charge in [0.15, 0.2) is 11.5 Å². The first-order chi connectivity index (χ1) is 9.69. The Hall–Kier alpha value is -2.29. The first-order valence-corrected chi connectivity index (χ1v) is 6.30. The lowest BCUT2D eigenvalue weighted by atomic mass is 10.3. The normalized spacial score (nSPS) is 10.8. The largest absolute Gasteiger partial charge is 0.461 e. The highest BCUT2D eigenvalue weighted by molar-refractivity contribution is 5.88. The fourth-order valence-corrected chi connectivity index (χ4v) is 1.65. The molecule has 2 aromatic heterocycles. The molecule has 0 saturated carbocycles.